The van der Waals surface area contributed by atoms with Crippen LogP contribution in [0.5, 0.6) is 0 Å². The normalized spacial score (nSPS) is 22.4. The Kier molecular flexibility index (Phi) is 4.98. The van der Waals surface area contributed by atoms with Crippen LogP contribution in [0.1, 0.15) is 37.5 Å². The fourth-order valence-corrected chi connectivity index (χ4v) is 3.45. The summed E-state index contributed by atoms with van der Waals surface area (Å²) in [5, 5.41) is 7.54. The van der Waals surface area contributed by atoms with Crippen molar-refractivity contribution in [2.24, 2.45) is 5.92 Å². The van der Waals surface area contributed by atoms with Gasteiger partial charge >= 0.3 is 0 Å². The lowest BCUT2D eigenvalue weighted by Crippen LogP contribution is -2.30. The molecule has 0 saturated carbocycles. The minimum Gasteiger partial charge on any atom is -0.338 e. The first kappa shape index (κ1) is 15.1. The number of piperidine rings is 1. The molecule has 4 nitrogen and oxygen atoms in total. The second kappa shape index (κ2) is 6.94. The topological polar surface area (TPSA) is 51.0 Å². The second-order valence-electron chi connectivity index (χ2n) is 5.43. The molecule has 0 aliphatic carbocycles. The van der Waals surface area contributed by atoms with E-state index in [2.05, 4.69) is 50.4 Å². The summed E-state index contributed by atoms with van der Waals surface area (Å²) in [4.78, 5) is 5.73. The monoisotopic (exact) mass is 367 g/mol. The Morgan fingerprint density at radius 1 is 1.38 bits per heavy atom. The van der Waals surface area contributed by atoms with E-state index in [0.29, 0.717) is 5.92 Å². The van der Waals surface area contributed by atoms with Crippen molar-refractivity contribution in [3.8, 4) is 0 Å². The van der Waals surface area contributed by atoms with Crippen molar-refractivity contribution in [2.45, 2.75) is 36.5 Å². The Morgan fingerprint density at radius 3 is 2.95 bits per heavy atom. The van der Waals surface area contributed by atoms with E-state index in [-0.39, 0.29) is 6.04 Å². The lowest BCUT2D eigenvalue weighted by atomic mass is 9.94. The Hall–Kier alpha value is -0.850. The first-order valence-electron chi connectivity index (χ1n) is 7.15. The summed E-state index contributed by atoms with van der Waals surface area (Å²) in [6.45, 7) is 3.30. The zero-order chi connectivity index (χ0) is 14.7. The number of nitrogens with zero attached hydrogens (tertiary/aromatic N) is 2. The van der Waals surface area contributed by atoms with Gasteiger partial charge in [-0.2, -0.15) is 4.98 Å². The third kappa shape index (κ3) is 4.08. The number of benzene rings is 1. The highest BCUT2D eigenvalue weighted by molar-refractivity contribution is 9.10. The van der Waals surface area contributed by atoms with E-state index in [1.165, 1.54) is 11.3 Å². The lowest BCUT2D eigenvalue weighted by molar-refractivity contribution is 0.259. The van der Waals surface area contributed by atoms with Crippen molar-refractivity contribution >= 4 is 27.7 Å². The summed E-state index contributed by atoms with van der Waals surface area (Å²) in [5.74, 6) is 2.93. The molecule has 0 radical (unpaired) electrons. The molecule has 3 rings (SSSR count). The largest absolute Gasteiger partial charge is 0.338 e. The van der Waals surface area contributed by atoms with Crippen LogP contribution in [-0.2, 0) is 5.75 Å². The second-order valence-corrected chi connectivity index (χ2v) is 7.39. The zero-order valence-electron chi connectivity index (χ0n) is 11.9. The van der Waals surface area contributed by atoms with Crippen molar-refractivity contribution in [2.75, 3.05) is 6.54 Å². The van der Waals surface area contributed by atoms with Crippen LogP contribution in [0.2, 0.25) is 0 Å². The van der Waals surface area contributed by atoms with Crippen LogP contribution in [-0.4, -0.2) is 16.7 Å². The van der Waals surface area contributed by atoms with Gasteiger partial charge in [0.15, 0.2) is 5.82 Å². The molecular formula is C15H18BrN3OS. The van der Waals surface area contributed by atoms with Gasteiger partial charge in [0.1, 0.15) is 0 Å². The average molecular weight is 368 g/mol. The van der Waals surface area contributed by atoms with Crippen LogP contribution in [0.3, 0.4) is 0 Å². The predicted octanol–water partition coefficient (Wildman–Crippen LogP) is 4.19. The Morgan fingerprint density at radius 2 is 2.19 bits per heavy atom. The molecule has 1 aliphatic rings. The number of thioether (sulfide) groups is 1. The third-order valence-corrected chi connectivity index (χ3v) is 5.17. The molecule has 0 bridgehead atoms. The minimum atomic E-state index is 0.215. The number of aromatic nitrogens is 2. The van der Waals surface area contributed by atoms with E-state index < -0.39 is 0 Å². The molecular weight excluding hydrogens is 350 g/mol. The third-order valence-electron chi connectivity index (χ3n) is 3.63. The zero-order valence-corrected chi connectivity index (χ0v) is 14.3. The molecule has 2 heterocycles. The summed E-state index contributed by atoms with van der Waals surface area (Å²) < 4.78 is 6.50. The van der Waals surface area contributed by atoms with Crippen molar-refractivity contribution in [3.63, 3.8) is 0 Å². The molecule has 21 heavy (non-hydrogen) atoms. The standard InChI is InChI=1S/C15H18BrN3OS/c1-10-6-7-17-13(8-10)15-18-14(19-20-15)9-21-12-4-2-11(16)3-5-12/h2-5,10,13,17H,6-9H2,1H3. The minimum absolute atomic E-state index is 0.215. The number of halogens is 1. The average Bonchev–Trinajstić information content (AvgIpc) is 2.96. The van der Waals surface area contributed by atoms with Gasteiger partial charge in [0, 0.05) is 9.37 Å². The van der Waals surface area contributed by atoms with Gasteiger partial charge in [0.05, 0.1) is 11.8 Å². The van der Waals surface area contributed by atoms with Crippen molar-refractivity contribution in [3.05, 3.63) is 40.5 Å². The fourth-order valence-electron chi connectivity index (χ4n) is 2.44. The van der Waals surface area contributed by atoms with E-state index >= 15 is 0 Å². The highest BCUT2D eigenvalue weighted by Crippen LogP contribution is 2.27. The summed E-state index contributed by atoms with van der Waals surface area (Å²) in [6, 6.07) is 8.46. The number of nitrogens with one attached hydrogen (secondary N) is 1. The van der Waals surface area contributed by atoms with Gasteiger partial charge < -0.3 is 9.84 Å². The molecule has 1 aromatic carbocycles. The van der Waals surface area contributed by atoms with Crippen LogP contribution >= 0.6 is 27.7 Å². The molecule has 1 aliphatic heterocycles. The van der Waals surface area contributed by atoms with Crippen LogP contribution in [0.4, 0.5) is 0 Å². The molecule has 2 atom stereocenters. The van der Waals surface area contributed by atoms with Gasteiger partial charge in [0.25, 0.3) is 0 Å². The quantitative estimate of drug-likeness (QED) is 0.821. The molecule has 6 heteroatoms. The maximum atomic E-state index is 5.42. The van der Waals surface area contributed by atoms with Gasteiger partial charge in [0.2, 0.25) is 5.89 Å². The highest BCUT2D eigenvalue weighted by Gasteiger charge is 2.24. The molecule has 1 N–H and O–H groups in total. The first-order valence-corrected chi connectivity index (χ1v) is 8.93. The molecule has 2 unspecified atom stereocenters. The molecule has 112 valence electrons. The summed E-state index contributed by atoms with van der Waals surface area (Å²) in [6.07, 6.45) is 2.29. The smallest absolute Gasteiger partial charge is 0.243 e. The molecule has 1 fully saturated rings. The lowest BCUT2D eigenvalue weighted by Gasteiger charge is -2.25. The Balaban J connectivity index is 1.58. The fraction of sp³-hybridized carbons (Fsp3) is 0.467. The maximum absolute atomic E-state index is 5.42. The van der Waals surface area contributed by atoms with Crippen molar-refractivity contribution in [1.29, 1.82) is 0 Å². The SMILES string of the molecule is CC1CCNC(c2nc(CSc3ccc(Br)cc3)no2)C1. The van der Waals surface area contributed by atoms with E-state index in [1.807, 2.05) is 12.1 Å². The van der Waals surface area contributed by atoms with Gasteiger partial charge in [-0.25, -0.2) is 0 Å². The first-order chi connectivity index (χ1) is 10.2. The van der Waals surface area contributed by atoms with Gasteiger partial charge in [-0.15, -0.1) is 11.8 Å². The van der Waals surface area contributed by atoms with E-state index in [1.54, 1.807) is 11.8 Å². The van der Waals surface area contributed by atoms with Crippen LogP contribution in [0.15, 0.2) is 38.2 Å². The van der Waals surface area contributed by atoms with Crippen molar-refractivity contribution < 1.29 is 4.52 Å². The van der Waals surface area contributed by atoms with Crippen molar-refractivity contribution in [1.82, 2.24) is 15.5 Å². The van der Waals surface area contributed by atoms with Gasteiger partial charge in [-0.3, -0.25) is 0 Å². The van der Waals surface area contributed by atoms with Gasteiger partial charge in [-0.05, 0) is 49.6 Å². The van der Waals surface area contributed by atoms with E-state index in [0.717, 1.165) is 34.9 Å². The number of rotatable bonds is 4. The molecule has 0 amide bonds. The maximum Gasteiger partial charge on any atom is 0.243 e. The number of hydrogen-bond donors (Lipinski definition) is 1. The summed E-state index contributed by atoms with van der Waals surface area (Å²) in [7, 11) is 0. The molecule has 1 saturated heterocycles. The summed E-state index contributed by atoms with van der Waals surface area (Å²) >= 11 is 5.15. The van der Waals surface area contributed by atoms with Gasteiger partial charge in [-0.1, -0.05) is 28.0 Å². The predicted molar refractivity (Wildman–Crippen MR) is 87.1 cm³/mol. The van der Waals surface area contributed by atoms with Crippen LogP contribution in [0.25, 0.3) is 0 Å². The van der Waals surface area contributed by atoms with E-state index in [9.17, 15) is 0 Å². The van der Waals surface area contributed by atoms with E-state index in [4.69, 9.17) is 4.52 Å². The number of hydrogen-bond acceptors (Lipinski definition) is 5. The Bertz CT molecular complexity index is 587. The summed E-state index contributed by atoms with van der Waals surface area (Å²) in [5.41, 5.74) is 0. The molecule has 2 aromatic rings. The highest BCUT2D eigenvalue weighted by atomic mass is 79.9. The van der Waals surface area contributed by atoms with Crippen LogP contribution in [0, 0.1) is 5.92 Å². The van der Waals surface area contributed by atoms with Crippen LogP contribution < -0.4 is 5.32 Å². The molecule has 0 spiro atoms. The molecule has 1 aromatic heterocycles. The Labute approximate surface area is 137 Å².